The van der Waals surface area contributed by atoms with Crippen molar-refractivity contribution in [2.45, 2.75) is 19.4 Å². The predicted octanol–water partition coefficient (Wildman–Crippen LogP) is 3.05. The lowest BCUT2D eigenvalue weighted by atomic mass is 10.1. The summed E-state index contributed by atoms with van der Waals surface area (Å²) in [6.07, 6.45) is 0. The standard InChI is InChI=1S/C12H15Cl2NO2/c1-3-15(4-2)12(17)10-8(11(14)16)6-5-7-9(10)13/h5-7,11,16H,3-4H2,1-2H3. The third-order valence-electron chi connectivity index (χ3n) is 2.57. The summed E-state index contributed by atoms with van der Waals surface area (Å²) in [5, 5.41) is 9.75. The van der Waals surface area contributed by atoms with Crippen molar-refractivity contribution >= 4 is 29.1 Å². The topological polar surface area (TPSA) is 40.5 Å². The Kier molecular flexibility index (Phi) is 5.25. The van der Waals surface area contributed by atoms with Crippen molar-refractivity contribution in [3.8, 4) is 0 Å². The summed E-state index contributed by atoms with van der Waals surface area (Å²) in [6, 6.07) is 4.86. The Balaban J connectivity index is 3.24. The van der Waals surface area contributed by atoms with E-state index in [1.54, 1.807) is 23.1 Å². The number of aliphatic hydroxyl groups is 1. The zero-order chi connectivity index (χ0) is 13.0. The molecule has 0 aliphatic heterocycles. The van der Waals surface area contributed by atoms with Crippen molar-refractivity contribution in [2.24, 2.45) is 0 Å². The maximum atomic E-state index is 12.2. The first kappa shape index (κ1) is 14.3. The molecule has 0 aliphatic carbocycles. The van der Waals surface area contributed by atoms with Gasteiger partial charge < -0.3 is 10.0 Å². The van der Waals surface area contributed by atoms with Gasteiger partial charge >= 0.3 is 0 Å². The summed E-state index contributed by atoms with van der Waals surface area (Å²) in [7, 11) is 0. The normalized spacial score (nSPS) is 12.3. The van der Waals surface area contributed by atoms with Crippen molar-refractivity contribution < 1.29 is 9.90 Å². The molecule has 1 unspecified atom stereocenters. The largest absolute Gasteiger partial charge is 0.373 e. The van der Waals surface area contributed by atoms with Crippen molar-refractivity contribution in [3.05, 3.63) is 34.3 Å². The number of amides is 1. The van der Waals surface area contributed by atoms with Gasteiger partial charge in [-0.15, -0.1) is 0 Å². The second-order valence-electron chi connectivity index (χ2n) is 3.52. The Morgan fingerprint density at radius 1 is 1.41 bits per heavy atom. The quantitative estimate of drug-likeness (QED) is 0.859. The Hall–Kier alpha value is -0.770. The van der Waals surface area contributed by atoms with Crippen LogP contribution in [0.25, 0.3) is 0 Å². The number of halogens is 2. The average Bonchev–Trinajstić information content (AvgIpc) is 2.29. The number of nitrogens with zero attached hydrogens (tertiary/aromatic N) is 1. The van der Waals surface area contributed by atoms with Crippen molar-refractivity contribution in [1.82, 2.24) is 4.90 Å². The molecule has 1 amide bonds. The molecule has 3 nitrogen and oxygen atoms in total. The SMILES string of the molecule is CCN(CC)C(=O)c1c(Cl)cccc1C(O)Cl. The van der Waals surface area contributed by atoms with Gasteiger partial charge in [-0.25, -0.2) is 0 Å². The first-order chi connectivity index (χ1) is 8.02. The Bertz CT molecular complexity index is 403. The van der Waals surface area contributed by atoms with E-state index >= 15 is 0 Å². The maximum absolute atomic E-state index is 12.2. The van der Waals surface area contributed by atoms with Crippen LogP contribution >= 0.6 is 23.2 Å². The summed E-state index contributed by atoms with van der Waals surface area (Å²) in [5.41, 5.74) is -0.611. The lowest BCUT2D eigenvalue weighted by Gasteiger charge is -2.21. The molecule has 0 aromatic heterocycles. The molecule has 0 spiro atoms. The van der Waals surface area contributed by atoms with Gasteiger partial charge in [-0.3, -0.25) is 4.79 Å². The summed E-state index contributed by atoms with van der Waals surface area (Å²) >= 11 is 11.7. The van der Waals surface area contributed by atoms with Crippen LogP contribution in [-0.4, -0.2) is 29.0 Å². The predicted molar refractivity (Wildman–Crippen MR) is 69.5 cm³/mol. The van der Waals surface area contributed by atoms with Crippen LogP contribution in [0, 0.1) is 0 Å². The number of carbonyl (C=O) groups excluding carboxylic acids is 1. The maximum Gasteiger partial charge on any atom is 0.255 e. The fraction of sp³-hybridized carbons (Fsp3) is 0.417. The van der Waals surface area contributed by atoms with Gasteiger partial charge in [0, 0.05) is 18.7 Å². The van der Waals surface area contributed by atoms with Crippen LogP contribution in [-0.2, 0) is 0 Å². The van der Waals surface area contributed by atoms with Crippen molar-refractivity contribution in [1.29, 1.82) is 0 Å². The summed E-state index contributed by atoms with van der Waals surface area (Å²) in [4.78, 5) is 13.9. The fourth-order valence-electron chi connectivity index (χ4n) is 1.63. The van der Waals surface area contributed by atoms with Crippen LogP contribution in [0.2, 0.25) is 5.02 Å². The van der Waals surface area contributed by atoms with E-state index in [4.69, 9.17) is 23.2 Å². The second-order valence-corrected chi connectivity index (χ2v) is 4.34. The van der Waals surface area contributed by atoms with Crippen LogP contribution in [0.1, 0.15) is 35.3 Å². The summed E-state index contributed by atoms with van der Waals surface area (Å²) in [6.45, 7) is 4.93. The number of alkyl halides is 1. The Morgan fingerprint density at radius 2 is 2.00 bits per heavy atom. The van der Waals surface area contributed by atoms with E-state index in [0.29, 0.717) is 23.7 Å². The molecular formula is C12H15Cl2NO2. The van der Waals surface area contributed by atoms with Crippen LogP contribution < -0.4 is 0 Å². The lowest BCUT2D eigenvalue weighted by Crippen LogP contribution is -2.31. The van der Waals surface area contributed by atoms with Gasteiger partial charge in [-0.2, -0.15) is 0 Å². The summed E-state index contributed by atoms with van der Waals surface area (Å²) < 4.78 is 0. The molecule has 1 rings (SSSR count). The highest BCUT2D eigenvalue weighted by atomic mass is 35.5. The number of aliphatic hydroxyl groups excluding tert-OH is 1. The van der Waals surface area contributed by atoms with Crippen LogP contribution in [0.3, 0.4) is 0 Å². The molecule has 5 heteroatoms. The highest BCUT2D eigenvalue weighted by Gasteiger charge is 2.22. The highest BCUT2D eigenvalue weighted by Crippen LogP contribution is 2.28. The van der Waals surface area contributed by atoms with Crippen LogP contribution in [0.5, 0.6) is 0 Å². The third kappa shape index (κ3) is 3.12. The molecule has 0 bridgehead atoms. The van der Waals surface area contributed by atoms with E-state index in [1.165, 1.54) is 0 Å². The number of rotatable bonds is 4. The monoisotopic (exact) mass is 275 g/mol. The molecule has 0 saturated carbocycles. The van der Waals surface area contributed by atoms with Crippen LogP contribution in [0.15, 0.2) is 18.2 Å². The van der Waals surface area contributed by atoms with Gasteiger partial charge in [0.1, 0.15) is 0 Å². The fourth-order valence-corrected chi connectivity index (χ4v) is 2.08. The van der Waals surface area contributed by atoms with E-state index in [1.807, 2.05) is 13.8 Å². The Labute approximate surface area is 111 Å². The van der Waals surface area contributed by atoms with Gasteiger partial charge in [0.05, 0.1) is 10.6 Å². The number of hydrogen-bond donors (Lipinski definition) is 1. The zero-order valence-corrected chi connectivity index (χ0v) is 11.3. The van der Waals surface area contributed by atoms with Gasteiger partial charge in [-0.1, -0.05) is 35.3 Å². The smallest absolute Gasteiger partial charge is 0.255 e. The molecule has 0 radical (unpaired) electrons. The number of benzene rings is 1. The van der Waals surface area contributed by atoms with E-state index in [-0.39, 0.29) is 11.5 Å². The average molecular weight is 276 g/mol. The zero-order valence-electron chi connectivity index (χ0n) is 9.78. The van der Waals surface area contributed by atoms with E-state index in [9.17, 15) is 9.90 Å². The molecule has 0 saturated heterocycles. The van der Waals surface area contributed by atoms with Crippen LogP contribution in [0.4, 0.5) is 0 Å². The first-order valence-corrected chi connectivity index (χ1v) is 6.24. The third-order valence-corrected chi connectivity index (χ3v) is 3.12. The first-order valence-electron chi connectivity index (χ1n) is 5.42. The molecule has 94 valence electrons. The minimum absolute atomic E-state index is 0.213. The van der Waals surface area contributed by atoms with E-state index < -0.39 is 5.56 Å². The van der Waals surface area contributed by atoms with Gasteiger partial charge in [-0.05, 0) is 19.9 Å². The van der Waals surface area contributed by atoms with Gasteiger partial charge in [0.25, 0.3) is 5.91 Å². The Morgan fingerprint density at radius 3 is 2.47 bits per heavy atom. The van der Waals surface area contributed by atoms with Crippen molar-refractivity contribution in [3.63, 3.8) is 0 Å². The molecule has 0 fully saturated rings. The molecule has 0 heterocycles. The number of carbonyl (C=O) groups is 1. The minimum Gasteiger partial charge on any atom is -0.373 e. The molecule has 1 aromatic carbocycles. The summed E-state index contributed by atoms with van der Waals surface area (Å²) in [5.74, 6) is -0.213. The molecule has 1 N–H and O–H groups in total. The molecule has 1 aromatic rings. The molecule has 0 aliphatic rings. The van der Waals surface area contributed by atoms with Gasteiger partial charge in [0.15, 0.2) is 5.56 Å². The van der Waals surface area contributed by atoms with Crippen molar-refractivity contribution in [2.75, 3.05) is 13.1 Å². The van der Waals surface area contributed by atoms with E-state index in [0.717, 1.165) is 0 Å². The second kappa shape index (κ2) is 6.24. The molecular weight excluding hydrogens is 261 g/mol. The lowest BCUT2D eigenvalue weighted by molar-refractivity contribution is 0.0769. The minimum atomic E-state index is -1.23. The van der Waals surface area contributed by atoms with Gasteiger partial charge in [0.2, 0.25) is 0 Å². The van der Waals surface area contributed by atoms with E-state index in [2.05, 4.69) is 0 Å². The number of hydrogen-bond acceptors (Lipinski definition) is 2. The molecule has 17 heavy (non-hydrogen) atoms. The molecule has 1 atom stereocenters. The highest BCUT2D eigenvalue weighted by molar-refractivity contribution is 6.34.